The molecule has 3 aromatic rings. The fourth-order valence-electron chi connectivity index (χ4n) is 3.97. The highest BCUT2D eigenvalue weighted by Gasteiger charge is 2.09. The largest absolute Gasteiger partial charge is 0.329 e. The van der Waals surface area contributed by atoms with Crippen LogP contribution in [0.4, 0.5) is 0 Å². The van der Waals surface area contributed by atoms with Gasteiger partial charge in [0, 0.05) is 75.6 Å². The van der Waals surface area contributed by atoms with Crippen molar-refractivity contribution in [2.24, 2.45) is 21.5 Å². The minimum absolute atomic E-state index is 0.637. The fraction of sp³-hybridized carbons (Fsp3) is 0.417. The molecule has 32 heavy (non-hydrogen) atoms. The third-order valence-corrected chi connectivity index (χ3v) is 5.72. The molecule has 4 rings (SSSR count). The molecule has 168 valence electrons. The highest BCUT2D eigenvalue weighted by atomic mass is 15.2. The van der Waals surface area contributed by atoms with Gasteiger partial charge in [0.1, 0.15) is 0 Å². The van der Waals surface area contributed by atoms with E-state index in [0.29, 0.717) is 26.2 Å². The van der Waals surface area contributed by atoms with Crippen LogP contribution in [0.25, 0.3) is 21.8 Å². The first-order valence-electron chi connectivity index (χ1n) is 11.3. The predicted molar refractivity (Wildman–Crippen MR) is 133 cm³/mol. The Bertz CT molecular complexity index is 1010. The van der Waals surface area contributed by atoms with E-state index in [9.17, 15) is 0 Å². The molecule has 0 atom stereocenters. The number of hydrogen-bond donors (Lipinski definition) is 2. The number of nitrogens with zero attached hydrogens (tertiary/aromatic N) is 6. The van der Waals surface area contributed by atoms with Crippen molar-refractivity contribution in [1.82, 2.24) is 19.8 Å². The van der Waals surface area contributed by atoms with E-state index in [0.717, 1.165) is 72.5 Å². The lowest BCUT2D eigenvalue weighted by molar-refractivity contribution is 0.216. The van der Waals surface area contributed by atoms with E-state index in [4.69, 9.17) is 21.4 Å². The number of nitrogens with two attached hydrogens (primary N) is 2. The number of fused-ring (bicyclic) bond motifs is 2. The summed E-state index contributed by atoms with van der Waals surface area (Å²) in [4.78, 5) is 23.7. The zero-order valence-electron chi connectivity index (χ0n) is 18.5. The summed E-state index contributed by atoms with van der Waals surface area (Å²) in [6.07, 6.45) is 3.71. The molecule has 8 nitrogen and oxygen atoms in total. The Balaban J connectivity index is 1.67. The van der Waals surface area contributed by atoms with Crippen molar-refractivity contribution in [3.8, 4) is 0 Å². The van der Waals surface area contributed by atoms with E-state index in [2.05, 4.69) is 44.1 Å². The second-order valence-corrected chi connectivity index (χ2v) is 8.01. The summed E-state index contributed by atoms with van der Waals surface area (Å²) in [5, 5.41) is 2.13. The number of benzene rings is 1. The Morgan fingerprint density at radius 2 is 1.06 bits per heavy atom. The monoisotopic (exact) mass is 432 g/mol. The highest BCUT2D eigenvalue weighted by Crippen LogP contribution is 2.22. The molecular formula is C24H32N8. The third-order valence-electron chi connectivity index (χ3n) is 5.72. The molecule has 1 aliphatic rings. The van der Waals surface area contributed by atoms with Gasteiger partial charge in [-0.1, -0.05) is 24.3 Å². The van der Waals surface area contributed by atoms with E-state index < -0.39 is 0 Å². The van der Waals surface area contributed by atoms with Crippen LogP contribution in [0.1, 0.15) is 11.4 Å². The fourth-order valence-corrected chi connectivity index (χ4v) is 3.97. The van der Waals surface area contributed by atoms with Gasteiger partial charge in [0.2, 0.25) is 0 Å². The molecule has 0 radical (unpaired) electrons. The lowest BCUT2D eigenvalue weighted by Gasteiger charge is -2.26. The van der Waals surface area contributed by atoms with Crippen LogP contribution in [-0.2, 0) is 0 Å². The van der Waals surface area contributed by atoms with Crippen LogP contribution >= 0.6 is 0 Å². The Morgan fingerprint density at radius 1 is 0.625 bits per heavy atom. The molecule has 2 aromatic heterocycles. The third kappa shape index (κ3) is 5.72. The van der Waals surface area contributed by atoms with Crippen LogP contribution in [-0.4, -0.2) is 97.6 Å². The molecule has 0 spiro atoms. The Hall–Kier alpha value is -2.78. The quantitative estimate of drug-likeness (QED) is 0.599. The second kappa shape index (κ2) is 11.2. The van der Waals surface area contributed by atoms with Gasteiger partial charge < -0.3 is 11.5 Å². The van der Waals surface area contributed by atoms with Crippen LogP contribution in [0.2, 0.25) is 0 Å². The minimum Gasteiger partial charge on any atom is -0.329 e. The summed E-state index contributed by atoms with van der Waals surface area (Å²) in [5.41, 5.74) is 15.1. The maximum atomic E-state index is 5.83. The summed E-state index contributed by atoms with van der Waals surface area (Å²) >= 11 is 0. The van der Waals surface area contributed by atoms with E-state index in [1.165, 1.54) is 0 Å². The van der Waals surface area contributed by atoms with Crippen molar-refractivity contribution in [2.45, 2.75) is 0 Å². The Morgan fingerprint density at radius 3 is 1.50 bits per heavy atom. The first kappa shape index (κ1) is 22.4. The number of pyridine rings is 2. The molecule has 8 heteroatoms. The molecule has 3 heterocycles. The van der Waals surface area contributed by atoms with Gasteiger partial charge in [0.15, 0.2) is 0 Å². The molecule has 1 aliphatic heterocycles. The van der Waals surface area contributed by atoms with Crippen molar-refractivity contribution in [2.75, 3.05) is 65.4 Å². The predicted octanol–water partition coefficient (Wildman–Crippen LogP) is 1.16. The average molecular weight is 433 g/mol. The number of aromatic nitrogens is 2. The van der Waals surface area contributed by atoms with Crippen molar-refractivity contribution in [1.29, 1.82) is 0 Å². The van der Waals surface area contributed by atoms with Gasteiger partial charge in [-0.05, 0) is 12.1 Å². The van der Waals surface area contributed by atoms with E-state index in [1.807, 2.05) is 24.6 Å². The molecule has 4 bridgehead atoms. The molecule has 0 unspecified atom stereocenters. The normalized spacial score (nSPS) is 16.9. The summed E-state index contributed by atoms with van der Waals surface area (Å²) in [6, 6.07) is 12.3. The maximum Gasteiger partial charge on any atom is 0.0972 e. The van der Waals surface area contributed by atoms with Gasteiger partial charge in [-0.15, -0.1) is 0 Å². The van der Waals surface area contributed by atoms with Crippen molar-refractivity contribution >= 4 is 34.2 Å². The lowest BCUT2D eigenvalue weighted by atomic mass is 10.1. The molecule has 0 aliphatic carbocycles. The number of aliphatic imine (C=N–C) groups is 2. The Kier molecular flexibility index (Phi) is 7.84. The topological polar surface area (TPSA) is 109 Å². The molecule has 0 fully saturated rings. The van der Waals surface area contributed by atoms with E-state index in [1.54, 1.807) is 0 Å². The molecule has 0 saturated carbocycles. The molecule has 0 saturated heterocycles. The average Bonchev–Trinajstić information content (AvgIpc) is 2.81. The standard InChI is InChI=1S/C24H32N8/c25-7-11-31-13-9-27-17-21-5-3-19-1-2-20-4-6-22(30-24(20)23(19)29-21)18-28-10-14-32(12-8-26)16-15-31/h1-6,17-18H,7-16,25-26H2. The van der Waals surface area contributed by atoms with Crippen LogP contribution in [0.15, 0.2) is 46.4 Å². The van der Waals surface area contributed by atoms with Crippen LogP contribution < -0.4 is 11.5 Å². The van der Waals surface area contributed by atoms with Crippen LogP contribution in [0.5, 0.6) is 0 Å². The van der Waals surface area contributed by atoms with Crippen molar-refractivity contribution in [3.63, 3.8) is 0 Å². The second-order valence-electron chi connectivity index (χ2n) is 8.01. The first-order valence-corrected chi connectivity index (χ1v) is 11.3. The molecule has 4 N–H and O–H groups in total. The summed E-state index contributed by atoms with van der Waals surface area (Å²) in [5.74, 6) is 0. The smallest absolute Gasteiger partial charge is 0.0972 e. The van der Waals surface area contributed by atoms with Gasteiger partial charge in [0.05, 0.1) is 35.5 Å². The summed E-state index contributed by atoms with van der Waals surface area (Å²) in [7, 11) is 0. The zero-order valence-corrected chi connectivity index (χ0v) is 18.5. The van der Waals surface area contributed by atoms with Crippen molar-refractivity contribution in [3.05, 3.63) is 47.8 Å². The number of rotatable bonds is 4. The number of hydrogen-bond acceptors (Lipinski definition) is 8. The van der Waals surface area contributed by atoms with E-state index in [-0.39, 0.29) is 0 Å². The van der Waals surface area contributed by atoms with Crippen LogP contribution in [0, 0.1) is 0 Å². The lowest BCUT2D eigenvalue weighted by Crippen LogP contribution is -2.41. The highest BCUT2D eigenvalue weighted by molar-refractivity contribution is 6.04. The molecule has 1 aromatic carbocycles. The van der Waals surface area contributed by atoms with Gasteiger partial charge >= 0.3 is 0 Å². The van der Waals surface area contributed by atoms with Gasteiger partial charge in [-0.3, -0.25) is 19.8 Å². The molecular weight excluding hydrogens is 400 g/mol. The molecule has 0 amide bonds. The van der Waals surface area contributed by atoms with Gasteiger partial charge in [-0.25, -0.2) is 9.97 Å². The van der Waals surface area contributed by atoms with Crippen LogP contribution in [0.3, 0.4) is 0 Å². The zero-order chi connectivity index (χ0) is 22.2. The summed E-state index contributed by atoms with van der Waals surface area (Å²) < 4.78 is 0. The minimum atomic E-state index is 0.637. The van der Waals surface area contributed by atoms with Gasteiger partial charge in [-0.2, -0.15) is 0 Å². The van der Waals surface area contributed by atoms with Crippen molar-refractivity contribution < 1.29 is 0 Å². The first-order chi connectivity index (χ1) is 15.8. The van der Waals surface area contributed by atoms with E-state index >= 15 is 0 Å². The SMILES string of the molecule is NCCN1CCN=Cc2ccc3ccc4ccc(nc4c3n2)C=NCCN(CCN)CC1. The Labute approximate surface area is 189 Å². The summed E-state index contributed by atoms with van der Waals surface area (Å²) in [6.45, 7) is 8.01. The van der Waals surface area contributed by atoms with Gasteiger partial charge in [0.25, 0.3) is 0 Å². The maximum absolute atomic E-state index is 5.83.